The summed E-state index contributed by atoms with van der Waals surface area (Å²) in [6, 6.07) is 2.56. The number of aliphatic hydroxyl groups is 1. The first-order valence-electron chi connectivity index (χ1n) is 27.9. The fraction of sp³-hybridized carbons (Fsp3) is 0.661. The van der Waals surface area contributed by atoms with Crippen LogP contribution in [0.15, 0.2) is 48.1 Å². The summed E-state index contributed by atoms with van der Waals surface area (Å²) in [6.07, 6.45) is 5.53. The topological polar surface area (TPSA) is 355 Å². The Morgan fingerprint density at radius 3 is 2.25 bits per heavy atom. The lowest BCUT2D eigenvalue weighted by Gasteiger charge is -2.59. The first-order chi connectivity index (χ1) is 37.9. The number of hydrogen-bond acceptors (Lipinski definition) is 16. The van der Waals surface area contributed by atoms with E-state index in [1.54, 1.807) is 50.3 Å². The number of ether oxygens (including phenoxy) is 4. The summed E-state index contributed by atoms with van der Waals surface area (Å²) in [6.45, 7) is 9.48. The number of allylic oxidation sites excluding steroid dienone is 4. The van der Waals surface area contributed by atoms with Crippen LogP contribution in [-0.4, -0.2) is 164 Å². The highest BCUT2D eigenvalue weighted by Gasteiger charge is 2.76. The number of nitrogens with one attached hydrogen (secondary N) is 5. The fourth-order valence-corrected chi connectivity index (χ4v) is 12.6. The van der Waals surface area contributed by atoms with Crippen molar-refractivity contribution in [2.45, 2.75) is 148 Å². The molecular weight excluding hydrogens is 1040 g/mol. The maximum Gasteiger partial charge on any atom is 0.409 e. The molecule has 442 valence electrons. The largest absolute Gasteiger partial charge is 0.445 e. The molecular formula is C56H84N10O14. The third kappa shape index (κ3) is 14.3. The number of urea groups is 1. The third-order valence-corrected chi connectivity index (χ3v) is 16.9. The second kappa shape index (κ2) is 27.3. The van der Waals surface area contributed by atoms with Crippen LogP contribution >= 0.6 is 0 Å². The number of hydrogen-bond donors (Lipinski definition) is 9. The minimum absolute atomic E-state index is 0.0193. The van der Waals surface area contributed by atoms with E-state index >= 15 is 0 Å². The number of primary amides is 1. The lowest BCUT2D eigenvalue weighted by atomic mass is 9.46. The van der Waals surface area contributed by atoms with Crippen molar-refractivity contribution in [3.8, 4) is 0 Å². The Bertz CT molecular complexity index is 2510. The van der Waals surface area contributed by atoms with E-state index in [1.165, 1.54) is 23.9 Å². The van der Waals surface area contributed by atoms with Crippen LogP contribution < -0.4 is 43.8 Å². The molecule has 5 aliphatic rings. The van der Waals surface area contributed by atoms with Gasteiger partial charge in [0.1, 0.15) is 18.7 Å². The molecule has 1 saturated heterocycles. The van der Waals surface area contributed by atoms with E-state index in [4.69, 9.17) is 36.1 Å². The number of carbonyl (C=O) groups excluding carboxylic acids is 9. The third-order valence-electron chi connectivity index (χ3n) is 16.9. The number of rotatable bonds is 26. The zero-order valence-corrected chi connectivity index (χ0v) is 47.2. The van der Waals surface area contributed by atoms with Gasteiger partial charge in [0, 0.05) is 75.7 Å². The molecule has 1 aromatic rings. The molecule has 12 atom stereocenters. The van der Waals surface area contributed by atoms with Crippen molar-refractivity contribution in [1.82, 2.24) is 31.1 Å². The summed E-state index contributed by atoms with van der Waals surface area (Å²) in [4.78, 5) is 120. The Kier molecular flexibility index (Phi) is 21.4. The van der Waals surface area contributed by atoms with Gasteiger partial charge in [-0.15, -0.1) is 0 Å². The van der Waals surface area contributed by atoms with Crippen molar-refractivity contribution < 1.29 is 67.2 Å². The van der Waals surface area contributed by atoms with Gasteiger partial charge in [0.15, 0.2) is 24.3 Å². The van der Waals surface area contributed by atoms with Gasteiger partial charge in [-0.25, -0.2) is 14.4 Å². The Morgan fingerprint density at radius 1 is 0.912 bits per heavy atom. The van der Waals surface area contributed by atoms with Crippen molar-refractivity contribution in [1.29, 1.82) is 0 Å². The van der Waals surface area contributed by atoms with Crippen LogP contribution in [0.4, 0.5) is 20.1 Å². The van der Waals surface area contributed by atoms with E-state index in [0.29, 0.717) is 30.5 Å². The van der Waals surface area contributed by atoms with Crippen molar-refractivity contribution in [3.63, 3.8) is 0 Å². The van der Waals surface area contributed by atoms with Gasteiger partial charge in [0.05, 0.1) is 18.2 Å². The number of benzene rings is 1. The van der Waals surface area contributed by atoms with Crippen molar-refractivity contribution in [2.75, 3.05) is 58.7 Å². The van der Waals surface area contributed by atoms with Crippen molar-refractivity contribution >= 4 is 59.1 Å². The summed E-state index contributed by atoms with van der Waals surface area (Å²) in [5.74, 6) is -3.25. The molecule has 24 heteroatoms. The molecule has 1 heterocycles. The lowest BCUT2D eigenvalue weighted by Crippen LogP contribution is -2.63. The van der Waals surface area contributed by atoms with Crippen LogP contribution in [-0.2, 0) is 54.3 Å². The Hall–Kier alpha value is -6.47. The van der Waals surface area contributed by atoms with E-state index < -0.39 is 113 Å². The highest BCUT2D eigenvalue weighted by atomic mass is 16.7. The first kappa shape index (κ1) is 62.7. The number of amides is 8. The average molecular weight is 1120 g/mol. The number of anilines is 1. The van der Waals surface area contributed by atoms with Gasteiger partial charge >= 0.3 is 18.2 Å². The number of Topliss-reactive ketones (excluding diaryl/α,β-unsaturated/α-hetero) is 1. The smallest absolute Gasteiger partial charge is 0.409 e. The molecule has 12 N–H and O–H groups in total. The molecule has 0 aromatic heterocycles. The van der Waals surface area contributed by atoms with E-state index in [2.05, 4.69) is 33.5 Å². The number of aliphatic hydroxyl groups excluding tert-OH is 1. The van der Waals surface area contributed by atoms with Crippen LogP contribution in [0.2, 0.25) is 0 Å². The van der Waals surface area contributed by atoms with Crippen molar-refractivity contribution in [3.05, 3.63) is 53.6 Å². The number of nitrogens with two attached hydrogens (primary N) is 3. The standard InChI is InChI=1S/C56H84N10O14/c1-8-10-45-79-43-28-38-37-17-14-34-27-36(67)20-21-54(34,4)46(37)41(68)29-55(38,5)56(43,80-45)42(69)31-78-53(76)66(7)26-25-65(6)52(75)77-30-33-12-15-35(16-13-33)62-49(72)40(11-9-23-61-51(59)74)63-50(73)47(32(2)3)64-44(70)19-18-39(58)48(71)60-24-22-57/h12-13,15-16,20-21,27,32,37-41,43,45-47,68H,8-11,14,17-19,22-26,28-31,57-58H2,1-7H3,(H,60,71)(H,62,72)(H,63,73)(H,64,70)(H3,59,61,74)/t37-,38-,39+,40-,41-,43+,45?,46+,47?,54-,55-,56+/m0/s1. The monoisotopic (exact) mass is 1120 g/mol. The molecule has 1 aromatic carbocycles. The predicted molar refractivity (Wildman–Crippen MR) is 292 cm³/mol. The van der Waals surface area contributed by atoms with Gasteiger partial charge < -0.3 is 77.6 Å². The maximum absolute atomic E-state index is 14.7. The van der Waals surface area contributed by atoms with Gasteiger partial charge in [0.2, 0.25) is 29.4 Å². The Balaban J connectivity index is 0.978. The molecule has 4 fully saturated rings. The van der Waals surface area contributed by atoms with E-state index in [9.17, 15) is 48.3 Å². The highest BCUT2D eigenvalue weighted by molar-refractivity contribution is 6.01. The number of likely N-dealkylation sites (N-methyl/N-ethyl adjacent to an activating group) is 2. The minimum atomic E-state index is -1.46. The van der Waals surface area contributed by atoms with E-state index in [0.717, 1.165) is 18.4 Å². The fourth-order valence-electron chi connectivity index (χ4n) is 12.6. The van der Waals surface area contributed by atoms with Crippen LogP contribution in [0, 0.1) is 34.5 Å². The molecule has 24 nitrogen and oxygen atoms in total. The molecule has 6 rings (SSSR count). The molecule has 0 bridgehead atoms. The second-order valence-corrected chi connectivity index (χ2v) is 22.7. The molecule has 0 spiro atoms. The zero-order chi connectivity index (χ0) is 58.7. The predicted octanol–water partition coefficient (Wildman–Crippen LogP) is 2.26. The summed E-state index contributed by atoms with van der Waals surface area (Å²) in [7, 11) is 2.99. The Labute approximate surface area is 467 Å². The molecule has 2 unspecified atom stereocenters. The molecule has 1 aliphatic heterocycles. The molecule has 4 aliphatic carbocycles. The van der Waals surface area contributed by atoms with Gasteiger partial charge in [-0.05, 0) is 99.0 Å². The molecule has 8 amide bonds. The quantitative estimate of drug-likeness (QED) is 0.0601. The average Bonchev–Trinajstić information content (AvgIpc) is 2.84. The van der Waals surface area contributed by atoms with Gasteiger partial charge in [-0.2, -0.15) is 0 Å². The normalized spacial score (nSPS) is 27.3. The Morgan fingerprint density at radius 2 is 1.60 bits per heavy atom. The van der Waals surface area contributed by atoms with Crippen LogP contribution in [0.25, 0.3) is 0 Å². The van der Waals surface area contributed by atoms with E-state index in [1.807, 2.05) is 19.9 Å². The number of carbonyl (C=O) groups is 9. The summed E-state index contributed by atoms with van der Waals surface area (Å²) >= 11 is 0. The van der Waals surface area contributed by atoms with Gasteiger partial charge in [-0.3, -0.25) is 28.8 Å². The highest BCUT2D eigenvalue weighted by Crippen LogP contribution is 2.69. The molecule has 80 heavy (non-hydrogen) atoms. The lowest BCUT2D eigenvalue weighted by molar-refractivity contribution is -0.200. The number of nitrogens with zero attached hydrogens (tertiary/aromatic N) is 2. The van der Waals surface area contributed by atoms with Gasteiger partial charge in [-0.1, -0.05) is 64.8 Å². The van der Waals surface area contributed by atoms with Crippen molar-refractivity contribution in [2.24, 2.45) is 51.7 Å². The maximum atomic E-state index is 14.7. The van der Waals surface area contributed by atoms with E-state index in [-0.39, 0.29) is 95.0 Å². The molecule has 0 radical (unpaired) electrons. The van der Waals surface area contributed by atoms with Crippen LogP contribution in [0.5, 0.6) is 0 Å². The number of fused-ring (bicyclic) bond motifs is 7. The SMILES string of the molecule is CCCC1O[C@@H]2C[C@H]3[C@@H]4CCC5=CC(=O)C=C[C@]5(C)[C@H]4[C@@H](O)C[C@]3(C)[C@]2(C(=O)COC(=O)N(C)CCN(C)C(=O)OCc2ccc(NC(=O)[C@H](CCCNC(N)=O)NC(=O)C(NC(=O)CC[C@@H](N)C(=O)NCCN)C(C)C)cc2)O1. The molecule has 3 saturated carbocycles. The van der Waals surface area contributed by atoms with Crippen LogP contribution in [0.3, 0.4) is 0 Å². The van der Waals surface area contributed by atoms with Crippen LogP contribution in [0.1, 0.15) is 104 Å². The summed E-state index contributed by atoms with van der Waals surface area (Å²) < 4.78 is 24.4. The summed E-state index contributed by atoms with van der Waals surface area (Å²) in [5.41, 5.74) is 15.7. The number of ketones is 2. The van der Waals surface area contributed by atoms with Gasteiger partial charge in [0.25, 0.3) is 0 Å². The minimum Gasteiger partial charge on any atom is -0.445 e. The summed E-state index contributed by atoms with van der Waals surface area (Å²) in [5, 5.41) is 25.2. The first-order valence-corrected chi connectivity index (χ1v) is 27.9. The second-order valence-electron chi connectivity index (χ2n) is 22.7. The zero-order valence-electron chi connectivity index (χ0n) is 47.2.